The summed E-state index contributed by atoms with van der Waals surface area (Å²) in [4.78, 5) is 11.4. The molecule has 0 saturated carbocycles. The number of aromatic nitrogens is 2. The van der Waals surface area contributed by atoms with Crippen molar-refractivity contribution in [2.24, 2.45) is 0 Å². The van der Waals surface area contributed by atoms with Gasteiger partial charge in [0, 0.05) is 0 Å². The van der Waals surface area contributed by atoms with Crippen molar-refractivity contribution >= 4 is 5.97 Å². The van der Waals surface area contributed by atoms with Gasteiger partial charge < -0.3 is 4.74 Å². The number of rotatable bonds is 3. The summed E-state index contributed by atoms with van der Waals surface area (Å²) in [5.41, 5.74) is 1.11. The molecule has 0 bridgehead atoms. The van der Waals surface area contributed by atoms with Gasteiger partial charge in [-0.25, -0.2) is 9.48 Å². The van der Waals surface area contributed by atoms with Crippen molar-refractivity contribution in [2.45, 2.75) is 26.3 Å². The average molecular weight is 207 g/mol. The van der Waals surface area contributed by atoms with E-state index in [0.717, 1.165) is 5.69 Å². The fourth-order valence-corrected chi connectivity index (χ4v) is 1.18. The van der Waals surface area contributed by atoms with E-state index in [1.807, 2.05) is 19.9 Å². The van der Waals surface area contributed by atoms with Crippen molar-refractivity contribution in [3.05, 3.63) is 17.5 Å². The van der Waals surface area contributed by atoms with Gasteiger partial charge in [-0.1, -0.05) is 13.8 Å². The van der Waals surface area contributed by atoms with Crippen LogP contribution in [0.15, 0.2) is 6.07 Å². The molecule has 0 amide bonds. The molecule has 0 radical (unpaired) electrons. The largest absolute Gasteiger partial charge is 0.464 e. The van der Waals surface area contributed by atoms with Gasteiger partial charge >= 0.3 is 5.97 Å². The summed E-state index contributed by atoms with van der Waals surface area (Å²) >= 11 is 0. The molecule has 0 aliphatic heterocycles. The first-order chi connectivity index (χ1) is 7.10. The SMILES string of the molecule is COC(=O)c1cc(C(C)C)nn1CC#N. The monoisotopic (exact) mass is 207 g/mol. The predicted molar refractivity (Wildman–Crippen MR) is 53.3 cm³/mol. The first-order valence-electron chi connectivity index (χ1n) is 4.63. The minimum Gasteiger partial charge on any atom is -0.464 e. The highest BCUT2D eigenvalue weighted by molar-refractivity contribution is 5.87. The van der Waals surface area contributed by atoms with Crippen molar-refractivity contribution in [3.63, 3.8) is 0 Å². The third kappa shape index (κ3) is 2.34. The van der Waals surface area contributed by atoms with Crippen molar-refractivity contribution in [1.29, 1.82) is 5.26 Å². The zero-order valence-electron chi connectivity index (χ0n) is 9.02. The van der Waals surface area contributed by atoms with Crippen LogP contribution in [0.5, 0.6) is 0 Å². The molecule has 5 heteroatoms. The molecule has 0 aromatic carbocycles. The maximum absolute atomic E-state index is 11.4. The normalized spacial score (nSPS) is 10.1. The van der Waals surface area contributed by atoms with Gasteiger partial charge in [-0.3, -0.25) is 0 Å². The highest BCUT2D eigenvalue weighted by atomic mass is 16.5. The van der Waals surface area contributed by atoms with Crippen LogP contribution in [0, 0.1) is 11.3 Å². The molecule has 15 heavy (non-hydrogen) atoms. The lowest BCUT2D eigenvalue weighted by Gasteiger charge is -1.99. The number of hydrogen-bond donors (Lipinski definition) is 0. The van der Waals surface area contributed by atoms with Crippen LogP contribution in [0.4, 0.5) is 0 Å². The molecule has 0 N–H and O–H groups in total. The number of ether oxygens (including phenoxy) is 1. The minimum absolute atomic E-state index is 0.0527. The van der Waals surface area contributed by atoms with Gasteiger partial charge in [-0.05, 0) is 12.0 Å². The summed E-state index contributed by atoms with van der Waals surface area (Å²) in [6.07, 6.45) is 0. The van der Waals surface area contributed by atoms with E-state index in [2.05, 4.69) is 9.84 Å². The van der Waals surface area contributed by atoms with E-state index < -0.39 is 5.97 Å². The predicted octanol–water partition coefficient (Wildman–Crippen LogP) is 1.32. The fraction of sp³-hybridized carbons (Fsp3) is 0.500. The third-order valence-corrected chi connectivity index (χ3v) is 2.01. The Labute approximate surface area is 88.3 Å². The van der Waals surface area contributed by atoms with E-state index >= 15 is 0 Å². The highest BCUT2D eigenvalue weighted by Gasteiger charge is 2.16. The van der Waals surface area contributed by atoms with Gasteiger partial charge in [0.15, 0.2) is 0 Å². The minimum atomic E-state index is -0.468. The number of hydrogen-bond acceptors (Lipinski definition) is 4. The van der Waals surface area contributed by atoms with Gasteiger partial charge in [-0.15, -0.1) is 0 Å². The first-order valence-corrected chi connectivity index (χ1v) is 4.63. The molecule has 0 atom stereocenters. The molecule has 0 unspecified atom stereocenters. The Morgan fingerprint density at radius 3 is 2.87 bits per heavy atom. The summed E-state index contributed by atoms with van der Waals surface area (Å²) in [7, 11) is 1.31. The molecule has 0 aliphatic rings. The molecular formula is C10H13N3O2. The molecule has 0 fully saturated rings. The van der Waals surface area contributed by atoms with Crippen molar-refractivity contribution in [2.75, 3.05) is 7.11 Å². The molecule has 1 aromatic rings. The van der Waals surface area contributed by atoms with Crippen LogP contribution < -0.4 is 0 Å². The second-order valence-electron chi connectivity index (χ2n) is 3.42. The lowest BCUT2D eigenvalue weighted by atomic mass is 10.1. The average Bonchev–Trinajstić information content (AvgIpc) is 2.61. The van der Waals surface area contributed by atoms with E-state index in [9.17, 15) is 4.79 Å². The molecule has 0 spiro atoms. The Kier molecular flexibility index (Phi) is 3.45. The summed E-state index contributed by atoms with van der Waals surface area (Å²) < 4.78 is 5.97. The maximum atomic E-state index is 11.4. The van der Waals surface area contributed by atoms with E-state index in [0.29, 0.717) is 5.69 Å². The van der Waals surface area contributed by atoms with Crippen LogP contribution in [0.3, 0.4) is 0 Å². The van der Waals surface area contributed by atoms with E-state index in [1.54, 1.807) is 6.07 Å². The van der Waals surface area contributed by atoms with Crippen molar-refractivity contribution < 1.29 is 9.53 Å². The van der Waals surface area contributed by atoms with Crippen LogP contribution in [0.25, 0.3) is 0 Å². The van der Waals surface area contributed by atoms with E-state index in [-0.39, 0.29) is 12.5 Å². The van der Waals surface area contributed by atoms with Crippen LogP contribution in [-0.4, -0.2) is 22.9 Å². The molecule has 1 heterocycles. The second-order valence-corrected chi connectivity index (χ2v) is 3.42. The van der Waals surface area contributed by atoms with E-state index in [1.165, 1.54) is 11.8 Å². The smallest absolute Gasteiger partial charge is 0.356 e. The Morgan fingerprint density at radius 1 is 1.73 bits per heavy atom. The molecule has 80 valence electrons. The molecular weight excluding hydrogens is 194 g/mol. The Morgan fingerprint density at radius 2 is 2.40 bits per heavy atom. The number of methoxy groups -OCH3 is 1. The van der Waals surface area contributed by atoms with Gasteiger partial charge in [0.25, 0.3) is 0 Å². The standard InChI is InChI=1S/C10H13N3O2/c1-7(2)8-6-9(10(14)15-3)13(12-8)5-4-11/h6-7H,5H2,1-3H3. The zero-order chi connectivity index (χ0) is 11.4. The summed E-state index contributed by atoms with van der Waals surface area (Å²) in [5.74, 6) is -0.252. The molecule has 0 aliphatic carbocycles. The molecule has 5 nitrogen and oxygen atoms in total. The van der Waals surface area contributed by atoms with Gasteiger partial charge in [0.05, 0.1) is 18.9 Å². The van der Waals surface area contributed by atoms with Crippen LogP contribution in [0.1, 0.15) is 35.9 Å². The third-order valence-electron chi connectivity index (χ3n) is 2.01. The summed E-state index contributed by atoms with van der Waals surface area (Å²) in [6.45, 7) is 4.00. The number of nitrogens with zero attached hydrogens (tertiary/aromatic N) is 3. The number of esters is 1. The first kappa shape index (κ1) is 11.2. The zero-order valence-corrected chi connectivity index (χ0v) is 9.02. The van der Waals surface area contributed by atoms with Crippen molar-refractivity contribution in [3.8, 4) is 6.07 Å². The summed E-state index contributed by atoms with van der Waals surface area (Å²) in [5, 5.41) is 12.7. The lowest BCUT2D eigenvalue weighted by molar-refractivity contribution is 0.0587. The van der Waals surface area contributed by atoms with Crippen LogP contribution in [-0.2, 0) is 11.3 Å². The van der Waals surface area contributed by atoms with Crippen LogP contribution in [0.2, 0.25) is 0 Å². The molecule has 0 saturated heterocycles. The Hall–Kier alpha value is -1.83. The Balaban J connectivity index is 3.12. The van der Waals surface area contributed by atoms with Gasteiger partial charge in [-0.2, -0.15) is 10.4 Å². The van der Waals surface area contributed by atoms with Crippen molar-refractivity contribution in [1.82, 2.24) is 9.78 Å². The second kappa shape index (κ2) is 4.60. The summed E-state index contributed by atoms with van der Waals surface area (Å²) in [6, 6.07) is 3.61. The lowest BCUT2D eigenvalue weighted by Crippen LogP contribution is -2.11. The highest BCUT2D eigenvalue weighted by Crippen LogP contribution is 2.14. The van der Waals surface area contributed by atoms with Gasteiger partial charge in [0.1, 0.15) is 12.2 Å². The van der Waals surface area contributed by atoms with E-state index in [4.69, 9.17) is 5.26 Å². The van der Waals surface area contributed by atoms with Gasteiger partial charge in [0.2, 0.25) is 0 Å². The maximum Gasteiger partial charge on any atom is 0.356 e. The number of carbonyl (C=O) groups is 1. The number of carbonyl (C=O) groups excluding carboxylic acids is 1. The quantitative estimate of drug-likeness (QED) is 0.701. The fourth-order valence-electron chi connectivity index (χ4n) is 1.18. The molecule has 1 rings (SSSR count). The van der Waals surface area contributed by atoms with Crippen LogP contribution >= 0.6 is 0 Å². The Bertz CT molecular complexity index is 401. The number of nitriles is 1. The molecule has 1 aromatic heterocycles. The topological polar surface area (TPSA) is 67.9 Å².